The molecule has 8 heteroatoms. The lowest BCUT2D eigenvalue weighted by Crippen LogP contribution is -2.46. The molecular formula is C26H40ClN3O3Si. The van der Waals surface area contributed by atoms with Gasteiger partial charge in [-0.15, -0.1) is 0 Å². The van der Waals surface area contributed by atoms with Crippen LogP contribution in [0.15, 0.2) is 42.6 Å². The lowest BCUT2D eigenvalue weighted by atomic mass is 10.1. The average molecular weight is 506 g/mol. The van der Waals surface area contributed by atoms with Gasteiger partial charge in [0, 0.05) is 18.1 Å². The highest BCUT2D eigenvalue weighted by atomic mass is 35.5. The third-order valence-electron chi connectivity index (χ3n) is 6.13. The van der Waals surface area contributed by atoms with Crippen LogP contribution in [0.4, 0.5) is 5.69 Å². The van der Waals surface area contributed by atoms with Crippen molar-refractivity contribution in [1.29, 1.82) is 0 Å². The average Bonchev–Trinajstić information content (AvgIpc) is 2.75. The van der Waals surface area contributed by atoms with Crippen molar-refractivity contribution in [3.63, 3.8) is 0 Å². The van der Waals surface area contributed by atoms with Crippen LogP contribution in [0.5, 0.6) is 0 Å². The van der Waals surface area contributed by atoms with Crippen LogP contribution in [0.2, 0.25) is 23.2 Å². The molecule has 0 fully saturated rings. The molecule has 0 saturated carbocycles. The van der Waals surface area contributed by atoms with Gasteiger partial charge in [-0.1, -0.05) is 51.4 Å². The van der Waals surface area contributed by atoms with Gasteiger partial charge in [0.05, 0.1) is 36.7 Å². The minimum atomic E-state index is -2.03. The van der Waals surface area contributed by atoms with Crippen molar-refractivity contribution in [3.05, 3.63) is 58.9 Å². The second kappa shape index (κ2) is 12.7. The zero-order valence-corrected chi connectivity index (χ0v) is 23.4. The fraction of sp³-hybridized carbons (Fsp3) is 0.538. The number of pyridine rings is 1. The van der Waals surface area contributed by atoms with E-state index in [0.717, 1.165) is 24.2 Å². The molecule has 0 saturated heterocycles. The number of carbonyl (C=O) groups excluding carboxylic acids is 1. The van der Waals surface area contributed by atoms with Crippen LogP contribution in [-0.4, -0.2) is 39.0 Å². The number of benzene rings is 1. The third kappa shape index (κ3) is 8.38. The van der Waals surface area contributed by atoms with E-state index in [2.05, 4.69) is 62.3 Å². The molecule has 1 aromatic carbocycles. The summed E-state index contributed by atoms with van der Waals surface area (Å²) in [7, 11) is -2.03. The normalized spacial score (nSPS) is 12.9. The number of nitrogens with zero attached hydrogens (tertiary/aromatic N) is 2. The Bertz CT molecular complexity index is 916. The molecule has 188 valence electrons. The van der Waals surface area contributed by atoms with E-state index in [-0.39, 0.29) is 23.5 Å². The summed E-state index contributed by atoms with van der Waals surface area (Å²) >= 11 is 6.31. The number of hydrazine groups is 1. The maximum Gasteiger partial charge on any atom is 0.311 e. The third-order valence-corrected chi connectivity index (χ3v) is 10.9. The quantitative estimate of drug-likeness (QED) is 0.207. The number of rotatable bonds is 12. The Kier molecular flexibility index (Phi) is 10.6. The van der Waals surface area contributed by atoms with Gasteiger partial charge in [-0.3, -0.25) is 9.78 Å². The molecule has 0 amide bonds. The maximum absolute atomic E-state index is 11.7. The molecule has 1 N–H and O–H groups in total. The molecule has 0 radical (unpaired) electrons. The lowest BCUT2D eigenvalue weighted by molar-refractivity contribution is -0.142. The van der Waals surface area contributed by atoms with Crippen LogP contribution >= 0.6 is 11.6 Å². The Morgan fingerprint density at radius 1 is 1.21 bits per heavy atom. The summed E-state index contributed by atoms with van der Waals surface area (Å²) < 4.78 is 11.8. The van der Waals surface area contributed by atoms with Gasteiger partial charge in [-0.2, -0.15) is 0 Å². The molecule has 0 spiro atoms. The second-order valence-corrected chi connectivity index (χ2v) is 15.1. The van der Waals surface area contributed by atoms with Gasteiger partial charge in [0.1, 0.15) is 0 Å². The number of hydrogen-bond acceptors (Lipinski definition) is 6. The molecule has 2 rings (SSSR count). The van der Waals surface area contributed by atoms with Crippen LogP contribution in [0.25, 0.3) is 0 Å². The number of nitrogens with one attached hydrogen (secondary N) is 1. The van der Waals surface area contributed by atoms with Crippen molar-refractivity contribution in [3.8, 4) is 0 Å². The number of aromatic nitrogens is 1. The summed E-state index contributed by atoms with van der Waals surface area (Å²) in [5.41, 5.74) is 6.25. The van der Waals surface area contributed by atoms with Gasteiger partial charge >= 0.3 is 5.97 Å². The largest absolute Gasteiger partial charge is 0.466 e. The maximum atomic E-state index is 11.7. The Labute approximate surface area is 211 Å². The molecule has 0 aliphatic heterocycles. The minimum absolute atomic E-state index is 0.0889. The van der Waals surface area contributed by atoms with E-state index >= 15 is 0 Å². The monoisotopic (exact) mass is 505 g/mol. The molecular weight excluding hydrogens is 466 g/mol. The van der Waals surface area contributed by atoms with Gasteiger partial charge in [-0.05, 0) is 61.3 Å². The molecule has 0 bridgehead atoms. The number of esters is 1. The van der Waals surface area contributed by atoms with Crippen LogP contribution in [0.1, 0.15) is 58.4 Å². The number of ether oxygens (including phenoxy) is 1. The van der Waals surface area contributed by atoms with E-state index in [0.29, 0.717) is 23.9 Å². The lowest BCUT2D eigenvalue weighted by Gasteiger charge is -2.40. The van der Waals surface area contributed by atoms with E-state index < -0.39 is 8.32 Å². The van der Waals surface area contributed by atoms with Crippen molar-refractivity contribution in [2.75, 3.05) is 24.7 Å². The van der Waals surface area contributed by atoms with Crippen molar-refractivity contribution in [1.82, 2.24) is 10.4 Å². The zero-order valence-electron chi connectivity index (χ0n) is 21.7. The molecule has 1 heterocycles. The first-order valence-electron chi connectivity index (χ1n) is 12.0. The summed E-state index contributed by atoms with van der Waals surface area (Å²) in [6.45, 7) is 17.0. The predicted octanol–water partition coefficient (Wildman–Crippen LogP) is 6.32. The van der Waals surface area contributed by atoms with Crippen LogP contribution in [-0.2, 0) is 20.4 Å². The van der Waals surface area contributed by atoms with E-state index in [1.54, 1.807) is 13.1 Å². The zero-order chi connectivity index (χ0) is 25.4. The standard InChI is InChI=1S/C26H40ClN3O3Si/c1-8-15-30(23-14-13-22(28-18-23)17-25(31)32-9-2)29-19-24(20-11-10-12-21(27)16-20)33-34(6,7)26(3,4)5/h10-14,16,18,24,29H,8-9,15,17,19H2,1-7H3/t24-/m0/s1. The molecule has 34 heavy (non-hydrogen) atoms. The summed E-state index contributed by atoms with van der Waals surface area (Å²) in [4.78, 5) is 16.2. The Morgan fingerprint density at radius 2 is 1.94 bits per heavy atom. The highest BCUT2D eigenvalue weighted by molar-refractivity contribution is 6.74. The SMILES string of the molecule is CCCN(NC[C@H](O[Si](C)(C)C(C)(C)C)c1cccc(Cl)c1)c1ccc(CC(=O)OCC)nc1. The molecule has 0 aliphatic rings. The van der Waals surface area contributed by atoms with E-state index in [1.807, 2.05) is 30.3 Å². The van der Waals surface area contributed by atoms with Crippen molar-refractivity contribution >= 4 is 31.6 Å². The van der Waals surface area contributed by atoms with E-state index in [1.165, 1.54) is 0 Å². The fourth-order valence-electron chi connectivity index (χ4n) is 3.22. The van der Waals surface area contributed by atoms with Crippen molar-refractivity contribution in [2.45, 2.75) is 71.7 Å². The van der Waals surface area contributed by atoms with Gasteiger partial charge < -0.3 is 14.2 Å². The van der Waals surface area contributed by atoms with Crippen LogP contribution < -0.4 is 10.4 Å². The van der Waals surface area contributed by atoms with E-state index in [4.69, 9.17) is 20.8 Å². The number of anilines is 1. The van der Waals surface area contributed by atoms with Crippen molar-refractivity contribution < 1.29 is 14.0 Å². The smallest absolute Gasteiger partial charge is 0.311 e. The second-order valence-electron chi connectivity index (χ2n) is 9.93. The van der Waals surface area contributed by atoms with Gasteiger partial charge in [0.15, 0.2) is 8.32 Å². The predicted molar refractivity (Wildman–Crippen MR) is 143 cm³/mol. The number of hydrogen-bond donors (Lipinski definition) is 1. The van der Waals surface area contributed by atoms with Gasteiger partial charge in [0.2, 0.25) is 0 Å². The first-order valence-corrected chi connectivity index (χ1v) is 15.3. The topological polar surface area (TPSA) is 63.7 Å². The minimum Gasteiger partial charge on any atom is -0.466 e. The summed E-state index contributed by atoms with van der Waals surface area (Å²) in [6.07, 6.45) is 2.78. The Morgan fingerprint density at radius 3 is 2.50 bits per heavy atom. The van der Waals surface area contributed by atoms with E-state index in [9.17, 15) is 4.79 Å². The number of halogens is 1. The Hall–Kier alpha value is -1.93. The molecule has 0 unspecified atom stereocenters. The van der Waals surface area contributed by atoms with Crippen LogP contribution in [0.3, 0.4) is 0 Å². The molecule has 1 atom stereocenters. The highest BCUT2D eigenvalue weighted by Gasteiger charge is 2.39. The first kappa shape index (κ1) is 28.3. The van der Waals surface area contributed by atoms with Gasteiger partial charge in [0.25, 0.3) is 0 Å². The van der Waals surface area contributed by atoms with Crippen molar-refractivity contribution in [2.24, 2.45) is 0 Å². The van der Waals surface area contributed by atoms with Gasteiger partial charge in [-0.25, -0.2) is 5.43 Å². The highest BCUT2D eigenvalue weighted by Crippen LogP contribution is 2.40. The summed E-state index contributed by atoms with van der Waals surface area (Å²) in [6, 6.07) is 11.8. The summed E-state index contributed by atoms with van der Waals surface area (Å²) in [5, 5.41) is 2.88. The molecule has 0 aliphatic carbocycles. The summed E-state index contributed by atoms with van der Waals surface area (Å²) in [5.74, 6) is -0.265. The number of carbonyl (C=O) groups is 1. The molecule has 1 aromatic heterocycles. The molecule has 2 aromatic rings. The first-order chi connectivity index (χ1) is 16.0. The molecule has 6 nitrogen and oxygen atoms in total. The Balaban J connectivity index is 2.20. The van der Waals surface area contributed by atoms with Crippen LogP contribution in [0, 0.1) is 0 Å². The fourth-order valence-corrected chi connectivity index (χ4v) is 4.71.